The van der Waals surface area contributed by atoms with Gasteiger partial charge in [-0.15, -0.1) is 0 Å². The summed E-state index contributed by atoms with van der Waals surface area (Å²) in [6, 6.07) is 13.4. The van der Waals surface area contributed by atoms with E-state index in [0.29, 0.717) is 18.5 Å². The number of benzene rings is 2. The largest absolute Gasteiger partial charge is 0.342 e. The van der Waals surface area contributed by atoms with Crippen LogP contribution in [0.25, 0.3) is 11.3 Å². The number of amides is 1. The maximum atomic E-state index is 13.1. The Kier molecular flexibility index (Phi) is 3.76. The van der Waals surface area contributed by atoms with Crippen LogP contribution in [0.1, 0.15) is 21.9 Å². The number of imidazole rings is 1. The van der Waals surface area contributed by atoms with Gasteiger partial charge in [-0.05, 0) is 25.1 Å². The van der Waals surface area contributed by atoms with Gasteiger partial charge in [0.15, 0.2) is 0 Å². The van der Waals surface area contributed by atoms with Crippen molar-refractivity contribution in [2.75, 3.05) is 11.4 Å². The second-order valence-corrected chi connectivity index (χ2v) is 6.17. The number of rotatable bonds is 2. The number of nitro groups is 1. The number of hydrogen-bond donors (Lipinski definition) is 1. The van der Waals surface area contributed by atoms with Crippen molar-refractivity contribution in [2.24, 2.45) is 0 Å². The van der Waals surface area contributed by atoms with E-state index in [0.717, 1.165) is 28.5 Å². The summed E-state index contributed by atoms with van der Waals surface area (Å²) in [6.45, 7) is 2.40. The smallest absolute Gasteiger partial charge is 0.269 e. The maximum Gasteiger partial charge on any atom is 0.269 e. The highest BCUT2D eigenvalue weighted by Crippen LogP contribution is 2.35. The molecular weight excluding hydrogens is 332 g/mol. The molecule has 0 saturated carbocycles. The first-order chi connectivity index (χ1) is 12.5. The zero-order chi connectivity index (χ0) is 18.3. The number of aryl methyl sites for hydroxylation is 1. The second kappa shape index (κ2) is 6.11. The molecule has 0 spiro atoms. The molecule has 2 aromatic carbocycles. The van der Waals surface area contributed by atoms with Crippen molar-refractivity contribution in [1.82, 2.24) is 9.97 Å². The fourth-order valence-corrected chi connectivity index (χ4v) is 3.29. The molecule has 7 nitrogen and oxygen atoms in total. The molecule has 1 aromatic heterocycles. The molecule has 7 heteroatoms. The summed E-state index contributed by atoms with van der Waals surface area (Å²) < 4.78 is 0. The normalized spacial score (nSPS) is 12.9. The molecule has 1 aliphatic rings. The van der Waals surface area contributed by atoms with Gasteiger partial charge in [0.25, 0.3) is 11.6 Å². The summed E-state index contributed by atoms with van der Waals surface area (Å²) in [4.78, 5) is 32.9. The number of aromatic nitrogens is 2. The third-order valence-corrected chi connectivity index (χ3v) is 4.50. The average Bonchev–Trinajstić information content (AvgIpc) is 2.95. The van der Waals surface area contributed by atoms with Crippen LogP contribution in [0, 0.1) is 17.0 Å². The van der Waals surface area contributed by atoms with Gasteiger partial charge in [0.1, 0.15) is 5.82 Å². The Morgan fingerprint density at radius 3 is 2.65 bits per heavy atom. The van der Waals surface area contributed by atoms with Crippen molar-refractivity contribution in [1.29, 1.82) is 0 Å². The number of carbonyl (C=O) groups is 1. The Morgan fingerprint density at radius 1 is 1.19 bits per heavy atom. The Labute approximate surface area is 149 Å². The summed E-state index contributed by atoms with van der Waals surface area (Å²) >= 11 is 0. The fraction of sp³-hybridized carbons (Fsp3) is 0.158. The predicted molar refractivity (Wildman–Crippen MR) is 97.2 cm³/mol. The number of nitrogens with zero attached hydrogens (tertiary/aromatic N) is 3. The Bertz CT molecular complexity index is 1010. The van der Waals surface area contributed by atoms with Crippen molar-refractivity contribution in [3.63, 3.8) is 0 Å². The predicted octanol–water partition coefficient (Wildman–Crippen LogP) is 3.50. The van der Waals surface area contributed by atoms with Crippen molar-refractivity contribution < 1.29 is 9.72 Å². The van der Waals surface area contributed by atoms with Gasteiger partial charge in [0.2, 0.25) is 0 Å². The first kappa shape index (κ1) is 16.0. The first-order valence-electron chi connectivity index (χ1n) is 8.26. The topological polar surface area (TPSA) is 92.1 Å². The summed E-state index contributed by atoms with van der Waals surface area (Å²) in [7, 11) is 0. The SMILES string of the molecule is Cc1nc2c([nH]1)-c1ccccc1N(C(=O)c1ccc([N+](=O)[O-])cc1)CC2. The molecule has 0 saturated heterocycles. The Balaban J connectivity index is 1.75. The summed E-state index contributed by atoms with van der Waals surface area (Å²) in [6.07, 6.45) is 0.632. The highest BCUT2D eigenvalue weighted by atomic mass is 16.6. The molecule has 1 amide bonds. The molecule has 1 N–H and O–H groups in total. The lowest BCUT2D eigenvalue weighted by Crippen LogP contribution is -2.32. The highest BCUT2D eigenvalue weighted by molar-refractivity contribution is 6.08. The van der Waals surface area contributed by atoms with Crippen molar-refractivity contribution in [3.8, 4) is 11.3 Å². The molecule has 26 heavy (non-hydrogen) atoms. The summed E-state index contributed by atoms with van der Waals surface area (Å²) in [5.74, 6) is 0.661. The van der Waals surface area contributed by atoms with Gasteiger partial charge in [-0.25, -0.2) is 4.98 Å². The van der Waals surface area contributed by atoms with Crippen molar-refractivity contribution in [2.45, 2.75) is 13.3 Å². The van der Waals surface area contributed by atoms with Crippen LogP contribution in [-0.2, 0) is 6.42 Å². The lowest BCUT2D eigenvalue weighted by Gasteiger charge is -2.23. The van der Waals surface area contributed by atoms with E-state index in [-0.39, 0.29) is 11.6 Å². The van der Waals surface area contributed by atoms with Crippen LogP contribution in [0.2, 0.25) is 0 Å². The van der Waals surface area contributed by atoms with Crippen LogP contribution in [0.4, 0.5) is 11.4 Å². The molecule has 0 bridgehead atoms. The number of nitrogens with one attached hydrogen (secondary N) is 1. The third kappa shape index (κ3) is 2.63. The van der Waals surface area contributed by atoms with E-state index < -0.39 is 4.92 Å². The minimum atomic E-state index is -0.476. The summed E-state index contributed by atoms with van der Waals surface area (Å²) in [5, 5.41) is 10.8. The van der Waals surface area contributed by atoms with E-state index in [4.69, 9.17) is 0 Å². The van der Waals surface area contributed by atoms with E-state index in [1.165, 1.54) is 24.3 Å². The van der Waals surface area contributed by atoms with Gasteiger partial charge in [0.05, 0.1) is 22.0 Å². The quantitative estimate of drug-likeness (QED) is 0.567. The van der Waals surface area contributed by atoms with E-state index in [1.54, 1.807) is 4.90 Å². The maximum absolute atomic E-state index is 13.1. The van der Waals surface area contributed by atoms with Crippen LogP contribution < -0.4 is 4.90 Å². The zero-order valence-electron chi connectivity index (χ0n) is 14.1. The zero-order valence-corrected chi connectivity index (χ0v) is 14.1. The number of fused-ring (bicyclic) bond motifs is 3. The number of nitro benzene ring substituents is 1. The van der Waals surface area contributed by atoms with Crippen LogP contribution in [0.5, 0.6) is 0 Å². The lowest BCUT2D eigenvalue weighted by molar-refractivity contribution is -0.384. The minimum Gasteiger partial charge on any atom is -0.342 e. The van der Waals surface area contributed by atoms with Gasteiger partial charge < -0.3 is 9.88 Å². The molecule has 3 aromatic rings. The number of aromatic amines is 1. The molecule has 0 fully saturated rings. The average molecular weight is 348 g/mol. The van der Waals surface area contributed by atoms with E-state index >= 15 is 0 Å². The Hall–Kier alpha value is -3.48. The number of hydrogen-bond acceptors (Lipinski definition) is 4. The lowest BCUT2D eigenvalue weighted by atomic mass is 10.1. The van der Waals surface area contributed by atoms with Crippen LogP contribution in [0.3, 0.4) is 0 Å². The Morgan fingerprint density at radius 2 is 1.92 bits per heavy atom. The second-order valence-electron chi connectivity index (χ2n) is 6.17. The van der Waals surface area contributed by atoms with Crippen LogP contribution >= 0.6 is 0 Å². The highest BCUT2D eigenvalue weighted by Gasteiger charge is 2.26. The number of carbonyl (C=O) groups excluding carboxylic acids is 1. The standard InChI is InChI=1S/C19H16N4O3/c1-12-20-16-10-11-22(17-5-3-2-4-15(17)18(16)21-12)19(24)13-6-8-14(9-7-13)23(25)26/h2-9H,10-11H2,1H3,(H,20,21). The molecule has 0 aliphatic carbocycles. The number of para-hydroxylation sites is 1. The van der Waals surface area contributed by atoms with Crippen LogP contribution in [0.15, 0.2) is 48.5 Å². The number of anilines is 1. The van der Waals surface area contributed by atoms with Gasteiger partial charge in [0, 0.05) is 36.2 Å². The van der Waals surface area contributed by atoms with Gasteiger partial charge in [-0.2, -0.15) is 0 Å². The van der Waals surface area contributed by atoms with Gasteiger partial charge in [-0.1, -0.05) is 18.2 Å². The molecule has 0 radical (unpaired) electrons. The molecule has 130 valence electrons. The van der Waals surface area contributed by atoms with E-state index in [2.05, 4.69) is 9.97 Å². The monoisotopic (exact) mass is 348 g/mol. The first-order valence-corrected chi connectivity index (χ1v) is 8.26. The third-order valence-electron chi connectivity index (χ3n) is 4.50. The molecular formula is C19H16N4O3. The summed E-state index contributed by atoms with van der Waals surface area (Å²) in [5.41, 5.74) is 3.99. The van der Waals surface area contributed by atoms with Crippen molar-refractivity contribution in [3.05, 3.63) is 75.7 Å². The number of H-pyrrole nitrogens is 1. The molecule has 0 unspecified atom stereocenters. The minimum absolute atomic E-state index is 0.0347. The molecule has 1 aliphatic heterocycles. The molecule has 0 atom stereocenters. The molecule has 2 heterocycles. The molecule has 4 rings (SSSR count). The van der Waals surface area contributed by atoms with E-state index in [1.807, 2.05) is 31.2 Å². The van der Waals surface area contributed by atoms with E-state index in [9.17, 15) is 14.9 Å². The number of non-ortho nitro benzene ring substituents is 1. The van der Waals surface area contributed by atoms with Gasteiger partial charge >= 0.3 is 0 Å². The van der Waals surface area contributed by atoms with Gasteiger partial charge in [-0.3, -0.25) is 14.9 Å². The van der Waals surface area contributed by atoms with Crippen molar-refractivity contribution >= 4 is 17.3 Å². The van der Waals surface area contributed by atoms with Crippen LogP contribution in [-0.4, -0.2) is 27.3 Å². The fourth-order valence-electron chi connectivity index (χ4n) is 3.29.